The van der Waals surface area contributed by atoms with Crippen LogP contribution in [0.15, 0.2) is 48.7 Å². The van der Waals surface area contributed by atoms with Crippen molar-refractivity contribution >= 4 is 17.5 Å². The Labute approximate surface area is 152 Å². The number of pyridine rings is 1. The van der Waals surface area contributed by atoms with E-state index in [1.165, 1.54) is 0 Å². The Hall–Kier alpha value is -3.08. The fraction of sp³-hybridized carbons (Fsp3) is 0.238. The van der Waals surface area contributed by atoms with Crippen molar-refractivity contribution in [1.29, 1.82) is 0 Å². The minimum Gasteiger partial charge on any atom is -0.462 e. The van der Waals surface area contributed by atoms with E-state index < -0.39 is 11.9 Å². The van der Waals surface area contributed by atoms with Crippen LogP contribution in [0, 0.1) is 6.92 Å². The van der Waals surface area contributed by atoms with Gasteiger partial charge in [0.1, 0.15) is 5.69 Å². The summed E-state index contributed by atoms with van der Waals surface area (Å²) >= 11 is 0. The standard InChI is InChI=1S/C21H21NO4/c1-4-25-20(23)18-16-8-6-7-13-22(16)19(21(24)26-5-2)17(18)15-11-9-14(3)10-12-15/h6-13H,4-5H2,1-3H3. The molecule has 0 saturated carbocycles. The molecule has 134 valence electrons. The van der Waals surface area contributed by atoms with E-state index in [1.807, 2.05) is 43.3 Å². The van der Waals surface area contributed by atoms with E-state index in [2.05, 4.69) is 0 Å². The number of fused-ring (bicyclic) bond motifs is 1. The number of carbonyl (C=O) groups is 2. The van der Waals surface area contributed by atoms with Gasteiger partial charge < -0.3 is 13.9 Å². The molecule has 0 atom stereocenters. The zero-order valence-electron chi connectivity index (χ0n) is 15.1. The summed E-state index contributed by atoms with van der Waals surface area (Å²) in [4.78, 5) is 25.4. The quantitative estimate of drug-likeness (QED) is 0.644. The van der Waals surface area contributed by atoms with Crippen LogP contribution in [0.5, 0.6) is 0 Å². The van der Waals surface area contributed by atoms with Gasteiger partial charge in [-0.15, -0.1) is 0 Å². The lowest BCUT2D eigenvalue weighted by Gasteiger charge is -2.08. The van der Waals surface area contributed by atoms with Crippen molar-refractivity contribution in [3.05, 3.63) is 65.5 Å². The van der Waals surface area contributed by atoms with Crippen molar-refractivity contribution in [1.82, 2.24) is 4.40 Å². The summed E-state index contributed by atoms with van der Waals surface area (Å²) in [7, 11) is 0. The molecule has 0 aliphatic carbocycles. The van der Waals surface area contributed by atoms with Crippen LogP contribution < -0.4 is 0 Å². The number of hydrogen-bond donors (Lipinski definition) is 0. The van der Waals surface area contributed by atoms with E-state index in [1.54, 1.807) is 30.5 Å². The van der Waals surface area contributed by atoms with Crippen molar-refractivity contribution in [3.63, 3.8) is 0 Å². The van der Waals surface area contributed by atoms with E-state index in [0.29, 0.717) is 22.3 Å². The molecule has 0 fully saturated rings. The van der Waals surface area contributed by atoms with Crippen molar-refractivity contribution < 1.29 is 19.1 Å². The first kappa shape index (κ1) is 17.7. The predicted molar refractivity (Wildman–Crippen MR) is 99.5 cm³/mol. The molecule has 0 spiro atoms. The molecular formula is C21H21NO4. The Morgan fingerprint density at radius 3 is 2.23 bits per heavy atom. The Morgan fingerprint density at radius 1 is 0.923 bits per heavy atom. The fourth-order valence-electron chi connectivity index (χ4n) is 3.02. The van der Waals surface area contributed by atoms with Gasteiger partial charge in [-0.1, -0.05) is 35.9 Å². The average Bonchev–Trinajstić information content (AvgIpc) is 2.98. The van der Waals surface area contributed by atoms with Crippen LogP contribution in [0.2, 0.25) is 0 Å². The first-order chi connectivity index (χ1) is 12.6. The van der Waals surface area contributed by atoms with Crippen LogP contribution in [0.3, 0.4) is 0 Å². The fourth-order valence-corrected chi connectivity index (χ4v) is 3.02. The molecule has 0 saturated heterocycles. The largest absolute Gasteiger partial charge is 0.462 e. The second-order valence-electron chi connectivity index (χ2n) is 5.86. The maximum absolute atomic E-state index is 12.7. The summed E-state index contributed by atoms with van der Waals surface area (Å²) in [6.07, 6.45) is 1.75. The van der Waals surface area contributed by atoms with Gasteiger partial charge in [0.05, 0.1) is 24.3 Å². The van der Waals surface area contributed by atoms with Gasteiger partial charge in [-0.2, -0.15) is 0 Å². The van der Waals surface area contributed by atoms with E-state index >= 15 is 0 Å². The van der Waals surface area contributed by atoms with Gasteiger partial charge in [0.25, 0.3) is 0 Å². The SMILES string of the molecule is CCOC(=O)c1c(-c2ccc(C)cc2)c(C(=O)OCC)n2ccccc12. The maximum atomic E-state index is 12.7. The van der Waals surface area contributed by atoms with Crippen molar-refractivity contribution in [2.75, 3.05) is 13.2 Å². The Balaban J connectivity index is 2.38. The number of rotatable bonds is 5. The highest BCUT2D eigenvalue weighted by Crippen LogP contribution is 2.34. The number of aryl methyl sites for hydroxylation is 1. The van der Waals surface area contributed by atoms with E-state index in [9.17, 15) is 9.59 Å². The van der Waals surface area contributed by atoms with Crippen LogP contribution in [0.4, 0.5) is 0 Å². The minimum absolute atomic E-state index is 0.251. The zero-order chi connectivity index (χ0) is 18.7. The summed E-state index contributed by atoms with van der Waals surface area (Å²) < 4.78 is 12.2. The lowest BCUT2D eigenvalue weighted by molar-refractivity contribution is 0.0518. The number of ether oxygens (including phenoxy) is 2. The van der Waals surface area contributed by atoms with Crippen LogP contribution in [-0.2, 0) is 9.47 Å². The number of esters is 2. The third-order valence-corrected chi connectivity index (χ3v) is 4.13. The molecule has 26 heavy (non-hydrogen) atoms. The Bertz CT molecular complexity index is 899. The van der Waals surface area contributed by atoms with Crippen LogP contribution in [-0.4, -0.2) is 29.6 Å². The molecule has 2 aromatic heterocycles. The Morgan fingerprint density at radius 2 is 1.58 bits per heavy atom. The van der Waals surface area contributed by atoms with Gasteiger partial charge in [-0.05, 0) is 38.5 Å². The summed E-state index contributed by atoms with van der Waals surface area (Å²) in [6.45, 7) is 6.00. The monoisotopic (exact) mass is 351 g/mol. The molecule has 3 rings (SSSR count). The number of aromatic nitrogens is 1. The van der Waals surface area contributed by atoms with Crippen molar-refractivity contribution in [2.45, 2.75) is 20.8 Å². The highest BCUT2D eigenvalue weighted by Gasteiger charge is 2.29. The summed E-state index contributed by atoms with van der Waals surface area (Å²) in [5, 5.41) is 0. The molecule has 3 aromatic rings. The van der Waals surface area contributed by atoms with Crippen LogP contribution in [0.25, 0.3) is 16.6 Å². The second-order valence-corrected chi connectivity index (χ2v) is 5.86. The molecule has 0 amide bonds. The third-order valence-electron chi connectivity index (χ3n) is 4.13. The van der Waals surface area contributed by atoms with E-state index in [0.717, 1.165) is 11.1 Å². The van der Waals surface area contributed by atoms with Gasteiger partial charge in [0.15, 0.2) is 0 Å². The Kier molecular flexibility index (Phi) is 5.07. The van der Waals surface area contributed by atoms with Crippen LogP contribution in [0.1, 0.15) is 40.3 Å². The zero-order valence-corrected chi connectivity index (χ0v) is 15.1. The molecule has 0 radical (unpaired) electrons. The number of benzene rings is 1. The molecule has 0 aliphatic rings. The van der Waals surface area contributed by atoms with Crippen molar-refractivity contribution in [2.24, 2.45) is 0 Å². The molecular weight excluding hydrogens is 330 g/mol. The van der Waals surface area contributed by atoms with Gasteiger partial charge in [0, 0.05) is 11.8 Å². The van der Waals surface area contributed by atoms with E-state index in [-0.39, 0.29) is 13.2 Å². The highest BCUT2D eigenvalue weighted by atomic mass is 16.5. The normalized spacial score (nSPS) is 10.7. The molecule has 0 unspecified atom stereocenters. The molecule has 0 bridgehead atoms. The molecule has 0 N–H and O–H groups in total. The van der Waals surface area contributed by atoms with Gasteiger partial charge >= 0.3 is 11.9 Å². The lowest BCUT2D eigenvalue weighted by Crippen LogP contribution is -2.10. The molecule has 5 nitrogen and oxygen atoms in total. The average molecular weight is 351 g/mol. The maximum Gasteiger partial charge on any atom is 0.355 e. The minimum atomic E-state index is -0.472. The lowest BCUT2D eigenvalue weighted by atomic mass is 9.99. The summed E-state index contributed by atoms with van der Waals surface area (Å²) in [5.41, 5.74) is 3.71. The first-order valence-electron chi connectivity index (χ1n) is 8.62. The molecule has 1 aromatic carbocycles. The second kappa shape index (κ2) is 7.44. The summed E-state index contributed by atoms with van der Waals surface area (Å²) in [5.74, 6) is -0.929. The number of carbonyl (C=O) groups excluding carboxylic acids is 2. The highest BCUT2D eigenvalue weighted by molar-refractivity contribution is 6.11. The van der Waals surface area contributed by atoms with E-state index in [4.69, 9.17) is 9.47 Å². The molecule has 0 aliphatic heterocycles. The predicted octanol–water partition coefficient (Wildman–Crippen LogP) is 4.27. The smallest absolute Gasteiger partial charge is 0.355 e. The van der Waals surface area contributed by atoms with Crippen molar-refractivity contribution in [3.8, 4) is 11.1 Å². The summed E-state index contributed by atoms with van der Waals surface area (Å²) in [6, 6.07) is 13.1. The number of hydrogen-bond acceptors (Lipinski definition) is 4. The number of nitrogens with zero attached hydrogens (tertiary/aromatic N) is 1. The molecule has 2 heterocycles. The van der Waals surface area contributed by atoms with Gasteiger partial charge in [0.2, 0.25) is 0 Å². The topological polar surface area (TPSA) is 57.0 Å². The van der Waals surface area contributed by atoms with Gasteiger partial charge in [-0.3, -0.25) is 0 Å². The third kappa shape index (κ3) is 3.08. The van der Waals surface area contributed by atoms with Gasteiger partial charge in [-0.25, -0.2) is 9.59 Å². The first-order valence-corrected chi connectivity index (χ1v) is 8.62. The molecule has 5 heteroatoms. The van der Waals surface area contributed by atoms with Crippen LogP contribution >= 0.6 is 0 Å².